The fraction of sp³-hybridized carbons (Fsp3) is 0. The van der Waals surface area contributed by atoms with E-state index in [2.05, 4.69) is 0 Å². The summed E-state index contributed by atoms with van der Waals surface area (Å²) in [7, 11) is 0. The first kappa shape index (κ1) is 15.9. The molecule has 0 aliphatic heterocycles. The zero-order valence-corrected chi connectivity index (χ0v) is 8.19. The van der Waals surface area contributed by atoms with E-state index in [4.69, 9.17) is 9.90 Å². The van der Waals surface area contributed by atoms with Crippen LogP contribution in [0.1, 0.15) is 0 Å². The van der Waals surface area contributed by atoms with Crippen molar-refractivity contribution in [2.75, 3.05) is 0 Å². The van der Waals surface area contributed by atoms with Gasteiger partial charge in [-0.15, -0.1) is 0 Å². The Balaban J connectivity index is -0.0000000200. The van der Waals surface area contributed by atoms with Gasteiger partial charge < -0.3 is 9.90 Å². The molecule has 0 rings (SSSR count). The van der Waals surface area contributed by atoms with Gasteiger partial charge in [-0.2, -0.15) is 0 Å². The molecule has 0 fully saturated rings. The Hall–Kier alpha value is 1.68. The Morgan fingerprint density at radius 3 is 1.40 bits per heavy atom. The van der Waals surface area contributed by atoms with Crippen LogP contribution in [0.25, 0.3) is 0 Å². The molecule has 0 heterocycles. The molecule has 0 spiro atoms. The summed E-state index contributed by atoms with van der Waals surface area (Å²) in [6, 6.07) is 0. The van der Waals surface area contributed by atoms with Crippen LogP contribution in [0.3, 0.4) is 0 Å². The van der Waals surface area contributed by atoms with E-state index in [1.165, 1.54) is 0 Å². The van der Waals surface area contributed by atoms with E-state index in [0.29, 0.717) is 6.47 Å². The van der Waals surface area contributed by atoms with Crippen molar-refractivity contribution in [3.8, 4) is 0 Å². The van der Waals surface area contributed by atoms with Gasteiger partial charge in [0.05, 0.1) is 0 Å². The number of hydrogen-bond donors (Lipinski definition) is 1. The Labute approximate surface area is 80.5 Å². The molecule has 0 aromatic carbocycles. The summed E-state index contributed by atoms with van der Waals surface area (Å²) in [6.45, 7) is 0.500. The third-order valence-corrected chi connectivity index (χ3v) is 0. The third kappa shape index (κ3) is 27.3. The van der Waals surface area contributed by atoms with Crippen molar-refractivity contribution < 1.29 is 75.3 Å². The maximum absolute atomic E-state index is 8.24. The first-order chi connectivity index (χ1) is 1.41. The van der Waals surface area contributed by atoms with E-state index >= 15 is 0 Å². The summed E-state index contributed by atoms with van der Waals surface area (Å²) in [5, 5.41) is 6.76. The minimum atomic E-state index is 0. The van der Waals surface area contributed by atoms with Gasteiger partial charge in [-0.1, -0.05) is 6.47 Å². The molecule has 0 atom stereocenters. The van der Waals surface area contributed by atoms with Gasteiger partial charge >= 0.3 is 0 Å². The minimum absolute atomic E-state index is 0. The standard InChI is InChI=1S/CHO2.2Y/c2-1-3;;/h(H,2,3);;/q-1;;. The fourth-order valence-electron chi connectivity index (χ4n) is 0. The van der Waals surface area contributed by atoms with Crippen molar-refractivity contribution in [1.29, 1.82) is 0 Å². The minimum Gasteiger partial charge on any atom is -0.665 e. The van der Waals surface area contributed by atoms with Gasteiger partial charge in [0.2, 0.25) is 0 Å². The second-order valence-electron chi connectivity index (χ2n) is 0.0913. The first-order valence-electron chi connectivity index (χ1n) is 0.428. The van der Waals surface area contributed by atoms with Crippen LogP contribution >= 0.6 is 0 Å². The Bertz CT molecular complexity index is 15.1. The number of rotatable bonds is 0. The summed E-state index contributed by atoms with van der Waals surface area (Å²) in [4.78, 5) is 8.24. The van der Waals surface area contributed by atoms with Gasteiger partial charge in [-0.05, 0) is 0 Å². The molecule has 5 heavy (non-hydrogen) atoms. The monoisotopic (exact) mass is 223 g/mol. The molecule has 24 valence electrons. The van der Waals surface area contributed by atoms with Gasteiger partial charge in [0.15, 0.2) is 0 Å². The molecule has 0 unspecified atom stereocenters. The van der Waals surface area contributed by atoms with Gasteiger partial charge in [0, 0.05) is 65.4 Å². The van der Waals surface area contributed by atoms with Crippen LogP contribution in [0.15, 0.2) is 0 Å². The third-order valence-electron chi connectivity index (χ3n) is 0. The summed E-state index contributed by atoms with van der Waals surface area (Å²) < 4.78 is 0. The molecule has 0 saturated carbocycles. The van der Waals surface area contributed by atoms with Gasteiger partial charge in [-0.25, -0.2) is 0 Å². The zero-order valence-electron chi connectivity index (χ0n) is 2.51. The molecule has 0 saturated heterocycles. The van der Waals surface area contributed by atoms with Crippen LogP contribution in [0.5, 0.6) is 0 Å². The van der Waals surface area contributed by atoms with Crippen LogP contribution in [0, 0.1) is 0 Å². The van der Waals surface area contributed by atoms with Crippen molar-refractivity contribution in [1.82, 2.24) is 0 Å². The normalized spacial score (nSPS) is 2.40. The second-order valence-corrected chi connectivity index (χ2v) is 0.0913. The Morgan fingerprint density at radius 1 is 1.40 bits per heavy atom. The van der Waals surface area contributed by atoms with Crippen molar-refractivity contribution in [2.45, 2.75) is 0 Å². The SMILES string of the molecule is O=[C-]O.[Y].[Y]. The molecular formula is CHO2Y2-. The number of aliphatic hydroxyl groups excluding tert-OH is 1. The number of hydrogen-bond acceptors (Lipinski definition) is 1. The van der Waals surface area contributed by atoms with Gasteiger partial charge in [0.1, 0.15) is 0 Å². The zero-order chi connectivity index (χ0) is 2.71. The van der Waals surface area contributed by atoms with Crippen LogP contribution in [-0.4, -0.2) is 11.6 Å². The molecule has 0 aromatic heterocycles. The molecule has 0 bridgehead atoms. The van der Waals surface area contributed by atoms with Crippen LogP contribution in [0.2, 0.25) is 0 Å². The van der Waals surface area contributed by atoms with Gasteiger partial charge in [-0.3, -0.25) is 0 Å². The maximum atomic E-state index is 8.24. The molecule has 0 aliphatic carbocycles. The van der Waals surface area contributed by atoms with Crippen LogP contribution in [0.4, 0.5) is 0 Å². The molecule has 1 N–H and O–H groups in total. The van der Waals surface area contributed by atoms with E-state index in [1.807, 2.05) is 0 Å². The largest absolute Gasteiger partial charge is 0.665 e. The summed E-state index contributed by atoms with van der Waals surface area (Å²) in [5.74, 6) is 0. The molecule has 2 radical (unpaired) electrons. The fourth-order valence-corrected chi connectivity index (χ4v) is 0. The Kier molecular flexibility index (Phi) is 55.2. The predicted octanol–water partition coefficient (Wildman–Crippen LogP) is -0.393. The maximum Gasteiger partial charge on any atom is 0 e. The molecule has 4 heteroatoms. The van der Waals surface area contributed by atoms with Crippen molar-refractivity contribution in [3.05, 3.63) is 0 Å². The van der Waals surface area contributed by atoms with E-state index in [0.717, 1.165) is 0 Å². The quantitative estimate of drug-likeness (QED) is 0.567. The smallest absolute Gasteiger partial charge is 0 e. The average molecular weight is 223 g/mol. The van der Waals surface area contributed by atoms with E-state index in [9.17, 15) is 0 Å². The molecular weight excluding hydrogens is 222 g/mol. The topological polar surface area (TPSA) is 37.3 Å². The first-order valence-corrected chi connectivity index (χ1v) is 0.428. The molecule has 0 amide bonds. The van der Waals surface area contributed by atoms with E-state index < -0.39 is 0 Å². The average Bonchev–Trinajstić information content (AvgIpc) is 0.918. The molecule has 2 nitrogen and oxygen atoms in total. The van der Waals surface area contributed by atoms with Gasteiger partial charge in [0.25, 0.3) is 0 Å². The summed E-state index contributed by atoms with van der Waals surface area (Å²) >= 11 is 0. The van der Waals surface area contributed by atoms with Crippen molar-refractivity contribution in [2.24, 2.45) is 0 Å². The summed E-state index contributed by atoms with van der Waals surface area (Å²) in [6.07, 6.45) is 0. The van der Waals surface area contributed by atoms with E-state index in [1.54, 1.807) is 0 Å². The Morgan fingerprint density at radius 2 is 1.40 bits per heavy atom. The second kappa shape index (κ2) is 17.3. The summed E-state index contributed by atoms with van der Waals surface area (Å²) in [5.41, 5.74) is 0. The van der Waals surface area contributed by atoms with Crippen LogP contribution in [-0.2, 0) is 70.2 Å². The van der Waals surface area contributed by atoms with Crippen LogP contribution < -0.4 is 0 Å². The van der Waals surface area contributed by atoms with Crippen molar-refractivity contribution >= 4 is 6.47 Å². The van der Waals surface area contributed by atoms with E-state index in [-0.39, 0.29) is 65.4 Å². The molecule has 0 aliphatic rings. The predicted molar refractivity (Wildman–Crippen MR) is 8.32 cm³/mol. The molecule has 0 aromatic rings. The van der Waals surface area contributed by atoms with Crippen molar-refractivity contribution in [3.63, 3.8) is 0 Å².